The first-order valence-electron chi connectivity index (χ1n) is 3.53. The van der Waals surface area contributed by atoms with Crippen LogP contribution >= 0.6 is 0 Å². The van der Waals surface area contributed by atoms with Gasteiger partial charge in [-0.3, -0.25) is 5.10 Å². The molecule has 5 heteroatoms. The molecular weight excluding hydrogens is 156 g/mol. The molecule has 2 aromatic rings. The molecule has 0 bridgehead atoms. The lowest BCUT2D eigenvalue weighted by atomic mass is 10.3. The first-order chi connectivity index (χ1) is 5.86. The minimum Gasteiger partial charge on any atom is -0.304 e. The molecule has 12 heavy (non-hydrogen) atoms. The van der Waals surface area contributed by atoms with E-state index in [1.165, 1.54) is 0 Å². The summed E-state index contributed by atoms with van der Waals surface area (Å²) in [6.07, 6.45) is 0. The Kier molecular flexibility index (Phi) is 1.48. The van der Waals surface area contributed by atoms with E-state index in [9.17, 15) is 4.79 Å². The van der Waals surface area contributed by atoms with E-state index >= 15 is 0 Å². The van der Waals surface area contributed by atoms with Crippen LogP contribution in [0.5, 0.6) is 0 Å². The van der Waals surface area contributed by atoms with Gasteiger partial charge in [-0.2, -0.15) is 0 Å². The van der Waals surface area contributed by atoms with Crippen LogP contribution in [0.25, 0.3) is 11.0 Å². The highest BCUT2D eigenvalue weighted by Gasteiger charge is 1.87. The predicted octanol–water partition coefficient (Wildman–Crippen LogP) is 0.637. The van der Waals surface area contributed by atoms with Crippen molar-refractivity contribution in [2.75, 3.05) is 0 Å². The molecule has 0 fully saturated rings. The van der Waals surface area contributed by atoms with Crippen molar-refractivity contribution in [1.82, 2.24) is 20.4 Å². The number of aromatic nitrogens is 4. The fraction of sp³-hybridized carbons (Fsp3) is 0. The van der Waals surface area contributed by atoms with Gasteiger partial charge < -0.3 is 4.98 Å². The van der Waals surface area contributed by atoms with Gasteiger partial charge in [-0.15, -0.1) is 0 Å². The van der Waals surface area contributed by atoms with Crippen LogP contribution in [0.15, 0.2) is 29.1 Å². The molecule has 62 valence electrons. The van der Waals surface area contributed by atoms with E-state index in [2.05, 4.69) is 20.4 Å². The topological polar surface area (TPSA) is 80.2 Å². The van der Waals surface area contributed by atoms with Gasteiger partial charge in [0.1, 0.15) is 0 Å². The van der Waals surface area contributed by atoms with Crippen molar-refractivity contribution in [3.05, 3.63) is 34.7 Å². The molecule has 1 aromatic carbocycles. The van der Waals surface area contributed by atoms with Gasteiger partial charge in [0.2, 0.25) is 0 Å². The quantitative estimate of drug-likeness (QED) is 0.452. The molecule has 0 unspecified atom stereocenters. The summed E-state index contributed by atoms with van der Waals surface area (Å²) >= 11 is 0. The average Bonchev–Trinajstić information content (AvgIpc) is 2.25. The van der Waals surface area contributed by atoms with E-state index in [0.29, 0.717) is 0 Å². The number of hydrogen-bond donors (Lipinski definition) is 4. The van der Waals surface area contributed by atoms with E-state index in [1.807, 2.05) is 24.3 Å². The SMILES string of the molecule is O=c1[nH][nH][nH]c2ccccc2[nH]1. The lowest BCUT2D eigenvalue weighted by Crippen LogP contribution is -2.06. The lowest BCUT2D eigenvalue weighted by molar-refractivity contribution is 0.869. The van der Waals surface area contributed by atoms with Gasteiger partial charge in [0.25, 0.3) is 0 Å². The molecule has 2 rings (SSSR count). The Morgan fingerprint density at radius 3 is 2.58 bits per heavy atom. The van der Waals surface area contributed by atoms with Gasteiger partial charge in [0.15, 0.2) is 0 Å². The third-order valence-electron chi connectivity index (χ3n) is 1.55. The Bertz CT molecular complexity index is 470. The Morgan fingerprint density at radius 2 is 1.75 bits per heavy atom. The molecule has 0 spiro atoms. The largest absolute Gasteiger partial charge is 0.339 e. The van der Waals surface area contributed by atoms with Crippen LogP contribution in [-0.4, -0.2) is 20.4 Å². The summed E-state index contributed by atoms with van der Waals surface area (Å²) < 4.78 is 0. The summed E-state index contributed by atoms with van der Waals surface area (Å²) in [5, 5.41) is 7.73. The molecule has 5 nitrogen and oxygen atoms in total. The number of para-hydroxylation sites is 2. The third-order valence-corrected chi connectivity index (χ3v) is 1.55. The molecule has 4 N–H and O–H groups in total. The number of fused-ring (bicyclic) bond motifs is 1. The second-order valence-corrected chi connectivity index (χ2v) is 2.37. The normalized spacial score (nSPS) is 10.0. The van der Waals surface area contributed by atoms with Gasteiger partial charge in [-0.05, 0) is 12.1 Å². The highest BCUT2D eigenvalue weighted by atomic mass is 16.1. The van der Waals surface area contributed by atoms with Crippen LogP contribution in [0.2, 0.25) is 0 Å². The van der Waals surface area contributed by atoms with Crippen LogP contribution in [0.4, 0.5) is 0 Å². The molecule has 0 amide bonds. The van der Waals surface area contributed by atoms with Gasteiger partial charge in [-0.25, -0.2) is 15.1 Å². The molecule has 0 saturated carbocycles. The zero-order valence-corrected chi connectivity index (χ0v) is 6.22. The molecule has 0 aliphatic carbocycles. The van der Waals surface area contributed by atoms with Crippen LogP contribution in [0.3, 0.4) is 0 Å². The number of rotatable bonds is 0. The Balaban J connectivity index is 2.98. The van der Waals surface area contributed by atoms with Crippen LogP contribution in [0.1, 0.15) is 0 Å². The highest BCUT2D eigenvalue weighted by Crippen LogP contribution is 2.01. The molecule has 0 atom stereocenters. The molecule has 0 aliphatic rings. The van der Waals surface area contributed by atoms with E-state index in [-0.39, 0.29) is 5.69 Å². The van der Waals surface area contributed by atoms with E-state index in [1.54, 1.807) is 0 Å². The summed E-state index contributed by atoms with van der Waals surface area (Å²) in [7, 11) is 0. The zero-order valence-electron chi connectivity index (χ0n) is 6.22. The monoisotopic (exact) mass is 164 g/mol. The fourth-order valence-corrected chi connectivity index (χ4v) is 1.01. The number of hydrogen-bond acceptors (Lipinski definition) is 1. The van der Waals surface area contributed by atoms with Gasteiger partial charge in [0, 0.05) is 0 Å². The van der Waals surface area contributed by atoms with Crippen molar-refractivity contribution in [1.29, 1.82) is 0 Å². The summed E-state index contributed by atoms with van der Waals surface area (Å²) in [6, 6.07) is 7.40. The van der Waals surface area contributed by atoms with Crippen molar-refractivity contribution in [3.8, 4) is 0 Å². The number of aromatic amines is 4. The maximum absolute atomic E-state index is 10.9. The Labute approximate surface area is 67.1 Å². The average molecular weight is 164 g/mol. The molecule has 1 heterocycles. The summed E-state index contributed by atoms with van der Waals surface area (Å²) in [4.78, 5) is 13.6. The minimum atomic E-state index is -0.285. The molecule has 0 saturated heterocycles. The van der Waals surface area contributed by atoms with Crippen LogP contribution in [0, 0.1) is 0 Å². The Hall–Kier alpha value is -1.91. The van der Waals surface area contributed by atoms with Gasteiger partial charge >= 0.3 is 5.69 Å². The molecule has 0 aliphatic heterocycles. The highest BCUT2D eigenvalue weighted by molar-refractivity contribution is 5.72. The van der Waals surface area contributed by atoms with E-state index in [0.717, 1.165) is 11.0 Å². The fourth-order valence-electron chi connectivity index (χ4n) is 1.01. The summed E-state index contributed by atoms with van der Waals surface area (Å²) in [5.41, 5.74) is 1.29. The zero-order chi connectivity index (χ0) is 8.39. The smallest absolute Gasteiger partial charge is 0.304 e. The van der Waals surface area contributed by atoms with Gasteiger partial charge in [0.05, 0.1) is 11.0 Å². The van der Waals surface area contributed by atoms with Crippen molar-refractivity contribution < 1.29 is 0 Å². The molecule has 0 radical (unpaired) electrons. The summed E-state index contributed by atoms with van der Waals surface area (Å²) in [6.45, 7) is 0. The predicted molar refractivity (Wildman–Crippen MR) is 45.2 cm³/mol. The van der Waals surface area contributed by atoms with Crippen molar-refractivity contribution in [2.24, 2.45) is 0 Å². The first kappa shape index (κ1) is 6.78. The number of nitrogens with one attached hydrogen (secondary N) is 4. The second-order valence-electron chi connectivity index (χ2n) is 2.37. The number of H-pyrrole nitrogens is 4. The third kappa shape index (κ3) is 1.12. The first-order valence-corrected chi connectivity index (χ1v) is 3.53. The Morgan fingerprint density at radius 1 is 1.00 bits per heavy atom. The van der Waals surface area contributed by atoms with E-state index in [4.69, 9.17) is 0 Å². The minimum absolute atomic E-state index is 0.285. The second kappa shape index (κ2) is 2.61. The molecular formula is C7H8N4O. The van der Waals surface area contributed by atoms with Crippen molar-refractivity contribution in [3.63, 3.8) is 0 Å². The van der Waals surface area contributed by atoms with Crippen molar-refractivity contribution >= 4 is 11.0 Å². The molecule has 1 aromatic heterocycles. The maximum atomic E-state index is 10.9. The van der Waals surface area contributed by atoms with Crippen LogP contribution < -0.4 is 5.69 Å². The van der Waals surface area contributed by atoms with Gasteiger partial charge in [-0.1, -0.05) is 12.1 Å². The van der Waals surface area contributed by atoms with Crippen LogP contribution in [-0.2, 0) is 0 Å². The summed E-state index contributed by atoms with van der Waals surface area (Å²) in [5.74, 6) is 0. The lowest BCUT2D eigenvalue weighted by Gasteiger charge is -1.87. The van der Waals surface area contributed by atoms with E-state index < -0.39 is 0 Å². The standard InChI is InChI=1S/C7H8N4O/c12-7-8-5-3-1-2-4-6(5)9-11-10-7/h1-4,9,11H,(H2,8,10,12). The van der Waals surface area contributed by atoms with Crippen molar-refractivity contribution in [2.45, 2.75) is 0 Å². The maximum Gasteiger partial charge on any atom is 0.339 e. The number of benzene rings is 1.